The smallest absolute Gasteiger partial charge is 0.144 e. The maximum absolute atomic E-state index is 6.21. The SMILES string of the molecule is Clc1ccc([P+](c2ccccc2)(c2ccccc2)c2ccccc2)cc1.[Cl-]. The molecule has 0 spiro atoms. The molecular formula is C24H19Cl2P. The first-order valence-electron chi connectivity index (χ1n) is 8.64. The lowest BCUT2D eigenvalue weighted by atomic mass is 10.3. The van der Waals surface area contributed by atoms with E-state index >= 15 is 0 Å². The first-order valence-corrected chi connectivity index (χ1v) is 10.8. The molecule has 4 aromatic rings. The van der Waals surface area contributed by atoms with E-state index in [0.717, 1.165) is 5.02 Å². The van der Waals surface area contributed by atoms with E-state index in [-0.39, 0.29) is 12.4 Å². The van der Waals surface area contributed by atoms with Crippen LogP contribution in [0.15, 0.2) is 115 Å². The Kier molecular flexibility index (Phi) is 6.34. The van der Waals surface area contributed by atoms with Crippen LogP contribution in [0.3, 0.4) is 0 Å². The molecular weight excluding hydrogens is 390 g/mol. The van der Waals surface area contributed by atoms with Crippen molar-refractivity contribution in [3.8, 4) is 0 Å². The second-order valence-corrected chi connectivity index (χ2v) is 10.00. The van der Waals surface area contributed by atoms with E-state index in [4.69, 9.17) is 11.6 Å². The molecule has 4 aromatic carbocycles. The Labute approximate surface area is 172 Å². The van der Waals surface area contributed by atoms with Crippen LogP contribution in [0.2, 0.25) is 5.02 Å². The molecule has 0 atom stereocenters. The molecule has 134 valence electrons. The summed E-state index contributed by atoms with van der Waals surface area (Å²) in [6.07, 6.45) is 0. The highest BCUT2D eigenvalue weighted by Gasteiger charge is 2.47. The van der Waals surface area contributed by atoms with Gasteiger partial charge in [0.15, 0.2) is 0 Å². The molecule has 27 heavy (non-hydrogen) atoms. The predicted octanol–water partition coefficient (Wildman–Crippen LogP) is 1.96. The van der Waals surface area contributed by atoms with Crippen LogP contribution in [0.5, 0.6) is 0 Å². The quantitative estimate of drug-likeness (QED) is 0.453. The molecule has 0 aliphatic carbocycles. The van der Waals surface area contributed by atoms with Gasteiger partial charge >= 0.3 is 0 Å². The third-order valence-corrected chi connectivity index (χ3v) is 9.19. The van der Waals surface area contributed by atoms with Crippen molar-refractivity contribution in [2.75, 3.05) is 0 Å². The standard InChI is InChI=1S/C24H19ClP.ClH/c25-20-16-18-24(19-17-20)26(21-10-4-1-5-11-21,22-12-6-2-7-13-22)23-14-8-3-9-15-23;/h1-19H;1H/q+1;/p-1. The molecule has 0 saturated carbocycles. The summed E-state index contributed by atoms with van der Waals surface area (Å²) in [6, 6.07) is 40.9. The van der Waals surface area contributed by atoms with Gasteiger partial charge in [-0.3, -0.25) is 0 Å². The molecule has 3 heteroatoms. The second-order valence-electron chi connectivity index (χ2n) is 6.15. The minimum atomic E-state index is -1.98. The van der Waals surface area contributed by atoms with Crippen LogP contribution in [0.25, 0.3) is 0 Å². The van der Waals surface area contributed by atoms with Crippen LogP contribution in [0.1, 0.15) is 0 Å². The second kappa shape index (κ2) is 8.72. The Morgan fingerprint density at radius 2 is 0.704 bits per heavy atom. The Hall–Kier alpha value is -2.11. The molecule has 0 bridgehead atoms. The summed E-state index contributed by atoms with van der Waals surface area (Å²) >= 11 is 6.21. The van der Waals surface area contributed by atoms with Crippen LogP contribution in [-0.2, 0) is 0 Å². The van der Waals surface area contributed by atoms with Gasteiger partial charge in [0, 0.05) is 5.02 Å². The fraction of sp³-hybridized carbons (Fsp3) is 0. The molecule has 0 aliphatic heterocycles. The topological polar surface area (TPSA) is 0 Å². The van der Waals surface area contributed by atoms with Crippen molar-refractivity contribution in [2.24, 2.45) is 0 Å². The molecule has 0 unspecified atom stereocenters. The average molecular weight is 409 g/mol. The highest BCUT2D eigenvalue weighted by molar-refractivity contribution is 8.01. The highest BCUT2D eigenvalue weighted by Crippen LogP contribution is 2.54. The fourth-order valence-corrected chi connectivity index (χ4v) is 7.88. The van der Waals surface area contributed by atoms with Crippen LogP contribution in [0, 0.1) is 0 Å². The van der Waals surface area contributed by atoms with Crippen molar-refractivity contribution in [1.29, 1.82) is 0 Å². The predicted molar refractivity (Wildman–Crippen MR) is 116 cm³/mol. The molecule has 0 fully saturated rings. The third-order valence-electron chi connectivity index (χ3n) is 4.64. The number of rotatable bonds is 4. The monoisotopic (exact) mass is 408 g/mol. The molecule has 0 saturated heterocycles. The number of hydrogen-bond acceptors (Lipinski definition) is 0. The molecule has 0 amide bonds. The molecule has 4 rings (SSSR count). The van der Waals surface area contributed by atoms with E-state index in [0.29, 0.717) is 0 Å². The Morgan fingerprint density at radius 3 is 1.04 bits per heavy atom. The summed E-state index contributed by atoms with van der Waals surface area (Å²) in [4.78, 5) is 0. The fourth-order valence-electron chi connectivity index (χ4n) is 3.51. The largest absolute Gasteiger partial charge is 1.00 e. The van der Waals surface area contributed by atoms with Crippen LogP contribution in [-0.4, -0.2) is 0 Å². The Bertz CT molecular complexity index is 872. The zero-order chi connectivity index (χ0) is 17.8. The highest BCUT2D eigenvalue weighted by atomic mass is 35.5. The molecule has 0 radical (unpaired) electrons. The van der Waals surface area contributed by atoms with Crippen molar-refractivity contribution in [1.82, 2.24) is 0 Å². The molecule has 0 aromatic heterocycles. The maximum Gasteiger partial charge on any atom is 0.144 e. The summed E-state index contributed by atoms with van der Waals surface area (Å²) < 4.78 is 0. The first kappa shape index (κ1) is 19.6. The van der Waals surface area contributed by atoms with Gasteiger partial charge in [-0.25, -0.2) is 0 Å². The van der Waals surface area contributed by atoms with Gasteiger partial charge in [0.25, 0.3) is 0 Å². The molecule has 0 N–H and O–H groups in total. The van der Waals surface area contributed by atoms with Crippen molar-refractivity contribution in [2.45, 2.75) is 0 Å². The maximum atomic E-state index is 6.21. The van der Waals surface area contributed by atoms with Gasteiger partial charge in [-0.05, 0) is 60.7 Å². The van der Waals surface area contributed by atoms with E-state index in [1.165, 1.54) is 21.2 Å². The molecule has 0 aliphatic rings. The van der Waals surface area contributed by atoms with E-state index in [1.54, 1.807) is 0 Å². The van der Waals surface area contributed by atoms with Gasteiger partial charge in [-0.2, -0.15) is 0 Å². The van der Waals surface area contributed by atoms with E-state index < -0.39 is 7.26 Å². The zero-order valence-electron chi connectivity index (χ0n) is 14.7. The van der Waals surface area contributed by atoms with E-state index in [9.17, 15) is 0 Å². The first-order chi connectivity index (χ1) is 12.8. The normalized spacial score (nSPS) is 10.9. The lowest BCUT2D eigenvalue weighted by Gasteiger charge is -2.27. The summed E-state index contributed by atoms with van der Waals surface area (Å²) in [7, 11) is -1.98. The minimum Gasteiger partial charge on any atom is -1.00 e. The van der Waals surface area contributed by atoms with Gasteiger partial charge in [0.05, 0.1) is 0 Å². The van der Waals surface area contributed by atoms with Crippen LogP contribution in [0.4, 0.5) is 0 Å². The van der Waals surface area contributed by atoms with E-state index in [2.05, 4.69) is 103 Å². The van der Waals surface area contributed by atoms with Crippen molar-refractivity contribution in [3.63, 3.8) is 0 Å². The average Bonchev–Trinajstić information content (AvgIpc) is 2.72. The van der Waals surface area contributed by atoms with Crippen LogP contribution >= 0.6 is 18.9 Å². The van der Waals surface area contributed by atoms with Crippen LogP contribution < -0.4 is 33.6 Å². The number of hydrogen-bond donors (Lipinski definition) is 0. The van der Waals surface area contributed by atoms with Gasteiger partial charge < -0.3 is 12.4 Å². The summed E-state index contributed by atoms with van der Waals surface area (Å²) in [5.74, 6) is 0. The third kappa shape index (κ3) is 3.66. The number of halogens is 2. The summed E-state index contributed by atoms with van der Waals surface area (Å²) in [5.41, 5.74) is 0. The zero-order valence-corrected chi connectivity index (χ0v) is 17.1. The molecule has 0 nitrogen and oxygen atoms in total. The van der Waals surface area contributed by atoms with Gasteiger partial charge in [0.1, 0.15) is 28.5 Å². The van der Waals surface area contributed by atoms with E-state index in [1.807, 2.05) is 12.1 Å². The Balaban J connectivity index is 0.00000210. The summed E-state index contributed by atoms with van der Waals surface area (Å²) in [5, 5.41) is 6.12. The Morgan fingerprint density at radius 1 is 0.407 bits per heavy atom. The van der Waals surface area contributed by atoms with Crippen molar-refractivity contribution in [3.05, 3.63) is 120 Å². The molecule has 0 heterocycles. The number of benzene rings is 4. The van der Waals surface area contributed by atoms with Gasteiger partial charge in [-0.15, -0.1) is 0 Å². The lowest BCUT2D eigenvalue weighted by molar-refractivity contribution is -0.00000484. The van der Waals surface area contributed by atoms with Crippen molar-refractivity contribution >= 4 is 40.1 Å². The van der Waals surface area contributed by atoms with Crippen molar-refractivity contribution < 1.29 is 12.4 Å². The van der Waals surface area contributed by atoms with Gasteiger partial charge in [0.2, 0.25) is 0 Å². The van der Waals surface area contributed by atoms with Gasteiger partial charge in [-0.1, -0.05) is 66.2 Å². The lowest BCUT2D eigenvalue weighted by Crippen LogP contribution is -3.00. The minimum absolute atomic E-state index is 0. The summed E-state index contributed by atoms with van der Waals surface area (Å²) in [6.45, 7) is 0.